The van der Waals surface area contributed by atoms with Gasteiger partial charge in [-0.25, -0.2) is 28.0 Å². The van der Waals surface area contributed by atoms with E-state index in [9.17, 15) is 41.7 Å². The summed E-state index contributed by atoms with van der Waals surface area (Å²) in [7, 11) is -5.43. The second-order valence-corrected chi connectivity index (χ2v) is 29.2. The first-order valence-corrected chi connectivity index (χ1v) is 36.3. The maximum absolute atomic E-state index is 14.3. The molecule has 4 aromatic carbocycles. The number of amides is 4. The summed E-state index contributed by atoms with van der Waals surface area (Å²) in [4.78, 5) is 59.3. The lowest BCUT2D eigenvalue weighted by Gasteiger charge is -2.42. The second-order valence-electron chi connectivity index (χ2n) is 26.4. The van der Waals surface area contributed by atoms with E-state index >= 15 is 0 Å². The van der Waals surface area contributed by atoms with Crippen LogP contribution in [-0.4, -0.2) is 171 Å². The van der Waals surface area contributed by atoms with Crippen LogP contribution in [0.2, 0.25) is 10.0 Å². The van der Waals surface area contributed by atoms with Gasteiger partial charge < -0.3 is 24.3 Å². The van der Waals surface area contributed by atoms with Crippen molar-refractivity contribution < 1.29 is 31.2 Å². The first kappa shape index (κ1) is 72.8. The summed E-state index contributed by atoms with van der Waals surface area (Å²) in [5.74, 6) is 2.04. The first-order chi connectivity index (χ1) is 48.8. The number of piperazine rings is 2. The normalized spacial score (nSPS) is 18.4. The van der Waals surface area contributed by atoms with Gasteiger partial charge in [0, 0.05) is 150 Å². The number of aryl methyl sites for hydroxylation is 2. The highest BCUT2D eigenvalue weighted by Crippen LogP contribution is 2.44. The Morgan fingerprint density at radius 1 is 0.569 bits per heavy atom. The number of benzene rings is 4. The molecule has 8 heterocycles. The Hall–Kier alpha value is -8.95. The van der Waals surface area contributed by atoms with Crippen LogP contribution in [0.15, 0.2) is 146 Å². The van der Waals surface area contributed by atoms with Gasteiger partial charge in [-0.15, -0.1) is 12.4 Å². The van der Waals surface area contributed by atoms with Crippen molar-refractivity contribution in [3.05, 3.63) is 224 Å². The number of rotatable bonds is 13. The van der Waals surface area contributed by atoms with Gasteiger partial charge in [0.05, 0.1) is 46.7 Å². The fourth-order valence-electron chi connectivity index (χ4n) is 14.7. The number of piperidine rings is 2. The molecule has 530 valence electrons. The Morgan fingerprint density at radius 2 is 0.980 bits per heavy atom. The number of hydrogen-bond acceptors (Lipinski definition) is 13. The van der Waals surface area contributed by atoms with Crippen LogP contribution in [0.4, 0.5) is 34.1 Å². The molecular weight excluding hydrogens is 1380 g/mol. The summed E-state index contributed by atoms with van der Waals surface area (Å²) in [5, 5.41) is 23.5. The van der Waals surface area contributed by atoms with E-state index in [1.54, 1.807) is 58.6 Å². The van der Waals surface area contributed by atoms with Gasteiger partial charge in [0.2, 0.25) is 0 Å². The van der Waals surface area contributed by atoms with Gasteiger partial charge in [0.1, 0.15) is 11.6 Å². The van der Waals surface area contributed by atoms with Crippen LogP contribution in [0, 0.1) is 48.3 Å². The zero-order valence-corrected chi connectivity index (χ0v) is 59.7. The van der Waals surface area contributed by atoms with Gasteiger partial charge in [-0.3, -0.25) is 29.6 Å². The van der Waals surface area contributed by atoms with Crippen LogP contribution in [0.5, 0.6) is 0 Å². The van der Waals surface area contributed by atoms with E-state index in [0.717, 1.165) is 93.6 Å². The molecule has 2 aliphatic carbocycles. The number of allylic oxidation sites excluding steroid dienone is 2. The summed E-state index contributed by atoms with van der Waals surface area (Å²) in [5.41, 5.74) is 7.59. The van der Waals surface area contributed by atoms with Gasteiger partial charge in [0.15, 0.2) is 0 Å². The highest BCUT2D eigenvalue weighted by molar-refractivity contribution is 7.90. The van der Waals surface area contributed by atoms with E-state index in [4.69, 9.17) is 33.2 Å². The number of aromatic nitrogens is 6. The molecule has 0 saturated carbocycles. The van der Waals surface area contributed by atoms with E-state index in [1.807, 2.05) is 90.9 Å². The molecular formula is C75H78Cl3F3N16O4S. The van der Waals surface area contributed by atoms with Crippen molar-refractivity contribution in [3.8, 4) is 12.1 Å². The largest absolute Gasteiger partial charge is 0.511 e. The van der Waals surface area contributed by atoms with Crippen molar-refractivity contribution >= 4 is 92.4 Å². The molecule has 102 heavy (non-hydrogen) atoms. The van der Waals surface area contributed by atoms with E-state index in [1.165, 1.54) is 5.56 Å². The molecule has 14 rings (SSSR count). The molecule has 6 aliphatic rings. The number of urea groups is 2. The number of carbonyl (C=O) groups excluding carboxylic acids is 2. The first-order valence-electron chi connectivity index (χ1n) is 34.1. The molecule has 27 heteroatoms. The number of pyridine rings is 2. The highest BCUT2D eigenvalue weighted by atomic mass is 35.5. The highest BCUT2D eigenvalue weighted by Gasteiger charge is 2.51. The maximum Gasteiger partial charge on any atom is 0.511 e. The number of sulfonamides is 1. The molecule has 4 fully saturated rings. The fourth-order valence-corrected chi connectivity index (χ4v) is 16.1. The quantitative estimate of drug-likeness (QED) is 0.114. The van der Waals surface area contributed by atoms with Gasteiger partial charge in [-0.2, -0.15) is 28.0 Å². The van der Waals surface area contributed by atoms with E-state index in [-0.39, 0.29) is 74.9 Å². The van der Waals surface area contributed by atoms with Crippen molar-refractivity contribution in [2.75, 3.05) is 101 Å². The second kappa shape index (κ2) is 31.7. The third-order valence-electron chi connectivity index (χ3n) is 20.3. The molecule has 4 amide bonds. The van der Waals surface area contributed by atoms with Crippen molar-refractivity contribution in [1.29, 1.82) is 10.5 Å². The van der Waals surface area contributed by atoms with Crippen molar-refractivity contribution in [2.45, 2.75) is 70.2 Å². The molecule has 1 N–H and O–H groups in total. The van der Waals surface area contributed by atoms with Crippen LogP contribution < -0.4 is 15.1 Å². The van der Waals surface area contributed by atoms with Crippen LogP contribution in [-0.2, 0) is 23.1 Å². The molecule has 2 atom stereocenters. The zero-order chi connectivity index (χ0) is 70.5. The van der Waals surface area contributed by atoms with Crippen molar-refractivity contribution in [1.82, 2.24) is 58.3 Å². The predicted molar refractivity (Wildman–Crippen MR) is 391 cm³/mol. The van der Waals surface area contributed by atoms with Crippen molar-refractivity contribution in [2.24, 2.45) is 11.8 Å². The monoisotopic (exact) mass is 1460 g/mol. The van der Waals surface area contributed by atoms with Gasteiger partial charge in [-0.05, 0) is 206 Å². The molecule has 4 aromatic heterocycles. The molecule has 0 bridgehead atoms. The summed E-state index contributed by atoms with van der Waals surface area (Å²) in [6, 6.07) is 37.9. The number of alkyl halides is 3. The topological polar surface area (TPSA) is 212 Å². The number of hydrogen-bond donors (Lipinski definition) is 1. The number of anilines is 2. The van der Waals surface area contributed by atoms with Crippen LogP contribution >= 0.6 is 35.6 Å². The Bertz CT molecular complexity index is 4600. The van der Waals surface area contributed by atoms with Gasteiger partial charge >= 0.3 is 27.6 Å². The Balaban J connectivity index is 0.000000192. The number of nitrogens with one attached hydrogen (secondary N) is 1. The standard InChI is InChI=1S/C38H38ClF3N8O3S.C37H39ClN8O.ClH/c1-26-44-13-16-48(26)25-30-21-29-3-2-12-45-35(29)36(33-9-6-31(39)22-34(30)33)46-17-19-47(20-18-46)37(51)50(32-7-4-27(23-43)5-8-32)24-28-10-14-49(15-11-28)54(52,53)38(40,41)42;1-26-41-15-16-45(26)25-30-21-29-3-2-12-42-35(29)36(33-9-6-31(38)22-34(30)33)43-17-19-44(20-18-43)37(47)46(24-28-10-13-40-14-11-28)32-7-4-27(23-39)5-8-32;/h2-9,12-13,16,21-22,28,36H,10-11,14-15,17-20,24-25H2,1H3;2-9,12,15-16,21-22,28,36,40H,10-11,13-14,17-20,24-25H2,1H3;1H. The summed E-state index contributed by atoms with van der Waals surface area (Å²) in [6.07, 6.45) is 18.1. The number of fused-ring (bicyclic) bond motifs is 4. The Kier molecular flexibility index (Phi) is 22.7. The third kappa shape index (κ3) is 15.8. The summed E-state index contributed by atoms with van der Waals surface area (Å²) >= 11 is 13.2. The van der Waals surface area contributed by atoms with Gasteiger partial charge in [-0.1, -0.05) is 47.5 Å². The lowest BCUT2D eigenvalue weighted by atomic mass is 9.93. The summed E-state index contributed by atoms with van der Waals surface area (Å²) < 4.78 is 68.4. The summed E-state index contributed by atoms with van der Waals surface area (Å²) in [6.45, 7) is 11.9. The Morgan fingerprint density at radius 3 is 1.36 bits per heavy atom. The molecule has 4 aliphatic heterocycles. The minimum atomic E-state index is -5.43. The molecule has 20 nitrogen and oxygen atoms in total. The Labute approximate surface area is 608 Å². The number of nitriles is 2. The number of carbonyl (C=O) groups is 2. The number of halogens is 6. The van der Waals surface area contributed by atoms with Crippen molar-refractivity contribution in [3.63, 3.8) is 0 Å². The number of nitrogens with zero attached hydrogens (tertiary/aromatic N) is 15. The minimum Gasteiger partial charge on any atom is -0.331 e. The van der Waals surface area contributed by atoms with Crippen LogP contribution in [0.25, 0.3) is 23.3 Å². The lowest BCUT2D eigenvalue weighted by molar-refractivity contribution is -0.0496. The van der Waals surface area contributed by atoms with E-state index in [0.29, 0.717) is 109 Å². The van der Waals surface area contributed by atoms with Gasteiger partial charge in [0.25, 0.3) is 0 Å². The molecule has 8 aromatic rings. The lowest BCUT2D eigenvalue weighted by Crippen LogP contribution is -2.55. The maximum atomic E-state index is 14.3. The third-order valence-corrected chi connectivity index (χ3v) is 22.4. The van der Waals surface area contributed by atoms with E-state index < -0.39 is 15.5 Å². The average molecular weight is 1460 g/mol. The van der Waals surface area contributed by atoms with Crippen LogP contribution in [0.3, 0.4) is 0 Å². The average Bonchev–Trinajstić information content (AvgIpc) is 1.52. The molecule has 0 radical (unpaired) electrons. The molecule has 2 unspecified atom stereocenters. The smallest absolute Gasteiger partial charge is 0.331 e. The fraction of sp³-hybridized carbons (Fsp3) is 0.360. The van der Waals surface area contributed by atoms with Crippen LogP contribution in [0.1, 0.15) is 105 Å². The zero-order valence-electron chi connectivity index (χ0n) is 56.5. The minimum absolute atomic E-state index is 0. The molecule has 0 spiro atoms. The number of imidazole rings is 2. The predicted octanol–water partition coefficient (Wildman–Crippen LogP) is 13.0. The SMILES string of the molecule is Cc1nccn1CC1=Cc2cccnc2C(N2CCN(C(=O)N(CC3CCN(S(=O)(=O)C(F)(F)F)CC3)c3ccc(C#N)cc3)CC2)c2ccc(Cl)cc21.Cc1nccn1CC1=Cc2cccnc2C(N2CCN(C(=O)N(CC3CCNCC3)c3ccc(C#N)cc3)CC2)c2ccc(Cl)cc21.Cl. The van der Waals surface area contributed by atoms with E-state index in [2.05, 4.69) is 88.8 Å². The molecule has 4 saturated heterocycles.